The smallest absolute Gasteiger partial charge is 0.223 e. The highest BCUT2D eigenvalue weighted by Gasteiger charge is 2.44. The molecule has 1 aromatic carbocycles. The van der Waals surface area contributed by atoms with Crippen LogP contribution in [0.1, 0.15) is 44.6 Å². The molecular formula is C17H25NO3. The van der Waals surface area contributed by atoms with Gasteiger partial charge in [0, 0.05) is 12.5 Å². The van der Waals surface area contributed by atoms with Crippen molar-refractivity contribution in [2.24, 2.45) is 5.92 Å². The second-order valence-electron chi connectivity index (χ2n) is 5.87. The summed E-state index contributed by atoms with van der Waals surface area (Å²) in [7, 11) is 1.65. The highest BCUT2D eigenvalue weighted by atomic mass is 16.5. The zero-order valence-electron chi connectivity index (χ0n) is 13.1. The van der Waals surface area contributed by atoms with Gasteiger partial charge in [-0.05, 0) is 42.9 Å². The van der Waals surface area contributed by atoms with Gasteiger partial charge in [-0.15, -0.1) is 0 Å². The highest BCUT2D eigenvalue weighted by Crippen LogP contribution is 2.48. The Balaban J connectivity index is 1.89. The van der Waals surface area contributed by atoms with Crippen LogP contribution in [0.15, 0.2) is 24.3 Å². The molecule has 2 unspecified atom stereocenters. The third-order valence-electron chi connectivity index (χ3n) is 4.56. The van der Waals surface area contributed by atoms with Crippen LogP contribution in [0.4, 0.5) is 0 Å². The van der Waals surface area contributed by atoms with Crippen molar-refractivity contribution >= 4 is 5.91 Å². The summed E-state index contributed by atoms with van der Waals surface area (Å²) in [6.45, 7) is 4.21. The molecule has 1 saturated carbocycles. The average Bonchev–Trinajstić information content (AvgIpc) is 3.33. The van der Waals surface area contributed by atoms with E-state index >= 15 is 0 Å². The molecule has 1 aliphatic rings. The Morgan fingerprint density at radius 2 is 2.14 bits per heavy atom. The van der Waals surface area contributed by atoms with Crippen molar-refractivity contribution in [2.75, 3.05) is 13.7 Å². The molecule has 1 fully saturated rings. The number of methoxy groups -OCH3 is 1. The minimum absolute atomic E-state index is 0.0232. The van der Waals surface area contributed by atoms with Crippen LogP contribution < -0.4 is 10.1 Å². The lowest BCUT2D eigenvalue weighted by Gasteiger charge is -2.25. The number of benzene rings is 1. The van der Waals surface area contributed by atoms with E-state index in [0.717, 1.165) is 17.7 Å². The summed E-state index contributed by atoms with van der Waals surface area (Å²) in [6, 6.07) is 7.89. The summed E-state index contributed by atoms with van der Waals surface area (Å²) >= 11 is 0. The molecule has 0 aliphatic heterocycles. The summed E-state index contributed by atoms with van der Waals surface area (Å²) in [4.78, 5) is 12.2. The number of carbonyl (C=O) groups is 1. The van der Waals surface area contributed by atoms with Crippen molar-refractivity contribution in [3.63, 3.8) is 0 Å². The van der Waals surface area contributed by atoms with Crippen LogP contribution in [0.25, 0.3) is 0 Å². The molecule has 0 heterocycles. The van der Waals surface area contributed by atoms with Crippen molar-refractivity contribution in [1.82, 2.24) is 5.32 Å². The summed E-state index contributed by atoms with van der Waals surface area (Å²) in [5.74, 6) is 1.17. The van der Waals surface area contributed by atoms with Crippen LogP contribution in [0.5, 0.6) is 5.75 Å². The Kier molecular flexibility index (Phi) is 4.88. The first-order chi connectivity index (χ1) is 10.0. The fourth-order valence-electron chi connectivity index (χ4n) is 2.61. The molecule has 0 bridgehead atoms. The maximum atomic E-state index is 12.2. The third kappa shape index (κ3) is 3.76. The van der Waals surface area contributed by atoms with Gasteiger partial charge in [0.1, 0.15) is 5.75 Å². The maximum absolute atomic E-state index is 12.2. The van der Waals surface area contributed by atoms with Gasteiger partial charge in [0.25, 0.3) is 0 Å². The van der Waals surface area contributed by atoms with Gasteiger partial charge in [0.2, 0.25) is 5.91 Å². The Labute approximate surface area is 126 Å². The van der Waals surface area contributed by atoms with Gasteiger partial charge in [-0.2, -0.15) is 0 Å². The van der Waals surface area contributed by atoms with E-state index in [1.165, 1.54) is 0 Å². The fraction of sp³-hybridized carbons (Fsp3) is 0.588. The Hall–Kier alpha value is -1.55. The standard InChI is InChI=1S/C17H25NO3/c1-4-17(20,5-2)11-18-16(19)15-10-14(15)12-7-6-8-13(9-12)21-3/h6-9,14-15,20H,4-5,10-11H2,1-3H3,(H,18,19). The second kappa shape index (κ2) is 6.48. The molecule has 2 rings (SSSR count). The van der Waals surface area contributed by atoms with Crippen LogP contribution in [-0.4, -0.2) is 30.3 Å². The molecule has 4 heteroatoms. The van der Waals surface area contributed by atoms with Crippen molar-refractivity contribution in [1.29, 1.82) is 0 Å². The number of ether oxygens (including phenoxy) is 1. The first kappa shape index (κ1) is 15.8. The molecular weight excluding hydrogens is 266 g/mol. The molecule has 1 aliphatic carbocycles. The lowest BCUT2D eigenvalue weighted by molar-refractivity contribution is -0.123. The molecule has 0 aromatic heterocycles. The van der Waals surface area contributed by atoms with Gasteiger partial charge >= 0.3 is 0 Å². The predicted molar refractivity (Wildman–Crippen MR) is 82.4 cm³/mol. The zero-order chi connectivity index (χ0) is 15.5. The average molecular weight is 291 g/mol. The van der Waals surface area contributed by atoms with E-state index in [9.17, 15) is 9.90 Å². The van der Waals surface area contributed by atoms with Crippen molar-refractivity contribution < 1.29 is 14.6 Å². The number of aliphatic hydroxyl groups is 1. The molecule has 21 heavy (non-hydrogen) atoms. The fourth-order valence-corrected chi connectivity index (χ4v) is 2.61. The lowest BCUT2D eigenvalue weighted by Crippen LogP contribution is -2.42. The Bertz CT molecular complexity index is 497. The van der Waals surface area contributed by atoms with E-state index in [2.05, 4.69) is 5.32 Å². The van der Waals surface area contributed by atoms with E-state index in [4.69, 9.17) is 4.74 Å². The minimum atomic E-state index is -0.782. The monoisotopic (exact) mass is 291 g/mol. The van der Waals surface area contributed by atoms with E-state index < -0.39 is 5.60 Å². The number of amides is 1. The molecule has 2 atom stereocenters. The number of rotatable bonds is 7. The largest absolute Gasteiger partial charge is 0.497 e. The number of nitrogens with one attached hydrogen (secondary N) is 1. The van der Waals surface area contributed by atoms with E-state index in [-0.39, 0.29) is 17.7 Å². The van der Waals surface area contributed by atoms with Gasteiger partial charge < -0.3 is 15.2 Å². The highest BCUT2D eigenvalue weighted by molar-refractivity contribution is 5.83. The molecule has 0 radical (unpaired) electrons. The van der Waals surface area contributed by atoms with E-state index in [1.807, 2.05) is 38.1 Å². The first-order valence-corrected chi connectivity index (χ1v) is 7.67. The van der Waals surface area contributed by atoms with Crippen LogP contribution in [0.3, 0.4) is 0 Å². The quantitative estimate of drug-likeness (QED) is 0.811. The summed E-state index contributed by atoms with van der Waals surface area (Å²) < 4.78 is 5.22. The van der Waals surface area contributed by atoms with Crippen LogP contribution in [0, 0.1) is 5.92 Å². The van der Waals surface area contributed by atoms with E-state index in [0.29, 0.717) is 19.4 Å². The lowest BCUT2D eigenvalue weighted by atomic mass is 9.97. The molecule has 0 saturated heterocycles. The SMILES string of the molecule is CCC(O)(CC)CNC(=O)C1CC1c1cccc(OC)c1. The summed E-state index contributed by atoms with van der Waals surface area (Å²) in [5.41, 5.74) is 0.367. The van der Waals surface area contributed by atoms with Crippen LogP contribution in [0.2, 0.25) is 0 Å². The predicted octanol–water partition coefficient (Wildman–Crippen LogP) is 2.47. The third-order valence-corrected chi connectivity index (χ3v) is 4.56. The molecule has 4 nitrogen and oxygen atoms in total. The van der Waals surface area contributed by atoms with Crippen molar-refractivity contribution in [2.45, 2.75) is 44.6 Å². The Morgan fingerprint density at radius 3 is 2.76 bits per heavy atom. The van der Waals surface area contributed by atoms with Gasteiger partial charge in [-0.3, -0.25) is 4.79 Å². The van der Waals surface area contributed by atoms with Crippen LogP contribution in [-0.2, 0) is 4.79 Å². The van der Waals surface area contributed by atoms with Gasteiger partial charge in [0.05, 0.1) is 12.7 Å². The summed E-state index contributed by atoms with van der Waals surface area (Å²) in [6.07, 6.45) is 2.16. The van der Waals surface area contributed by atoms with Crippen molar-refractivity contribution in [3.8, 4) is 5.75 Å². The number of carbonyl (C=O) groups excluding carboxylic acids is 1. The van der Waals surface area contributed by atoms with Gasteiger partial charge in [0.15, 0.2) is 0 Å². The molecule has 2 N–H and O–H groups in total. The Morgan fingerprint density at radius 1 is 1.43 bits per heavy atom. The molecule has 1 aromatic rings. The summed E-state index contributed by atoms with van der Waals surface area (Å²) in [5, 5.41) is 13.1. The van der Waals surface area contributed by atoms with E-state index in [1.54, 1.807) is 7.11 Å². The number of hydrogen-bond acceptors (Lipinski definition) is 3. The first-order valence-electron chi connectivity index (χ1n) is 7.67. The van der Waals surface area contributed by atoms with Gasteiger partial charge in [-0.1, -0.05) is 26.0 Å². The zero-order valence-corrected chi connectivity index (χ0v) is 13.1. The van der Waals surface area contributed by atoms with Gasteiger partial charge in [-0.25, -0.2) is 0 Å². The van der Waals surface area contributed by atoms with Crippen molar-refractivity contribution in [3.05, 3.63) is 29.8 Å². The topological polar surface area (TPSA) is 58.6 Å². The maximum Gasteiger partial charge on any atom is 0.223 e. The molecule has 1 amide bonds. The molecule has 0 spiro atoms. The normalized spacial score (nSPS) is 21.0. The molecule has 116 valence electrons. The number of hydrogen-bond donors (Lipinski definition) is 2. The second-order valence-corrected chi connectivity index (χ2v) is 5.87. The van der Waals surface area contributed by atoms with Crippen LogP contribution >= 0.6 is 0 Å². The minimum Gasteiger partial charge on any atom is -0.497 e.